The smallest absolute Gasteiger partial charge is 0.320 e. The third-order valence-electron chi connectivity index (χ3n) is 1.85. The van der Waals surface area contributed by atoms with Crippen LogP contribution in [-0.2, 0) is 9.59 Å². The summed E-state index contributed by atoms with van der Waals surface area (Å²) in [6.45, 7) is 0.493. The van der Waals surface area contributed by atoms with Crippen LogP contribution in [0.1, 0.15) is 32.1 Å². The zero-order valence-electron chi connectivity index (χ0n) is 9.84. The van der Waals surface area contributed by atoms with Gasteiger partial charge < -0.3 is 26.8 Å². The third-order valence-corrected chi connectivity index (χ3v) is 1.85. The second-order valence-corrected chi connectivity index (χ2v) is 3.45. The molecular formula is C10H22N2O5. The molecule has 0 heterocycles. The van der Waals surface area contributed by atoms with Crippen LogP contribution < -0.4 is 11.5 Å². The quantitative estimate of drug-likeness (QED) is 0.360. The molecule has 0 bridgehead atoms. The van der Waals surface area contributed by atoms with E-state index >= 15 is 0 Å². The number of aliphatic hydroxyl groups is 1. The second kappa shape index (κ2) is 12.9. The van der Waals surface area contributed by atoms with E-state index in [4.69, 9.17) is 26.8 Å². The maximum Gasteiger partial charge on any atom is 0.320 e. The lowest BCUT2D eigenvalue weighted by Gasteiger charge is -2.00. The Hall–Kier alpha value is -1.18. The summed E-state index contributed by atoms with van der Waals surface area (Å²) < 4.78 is 0. The van der Waals surface area contributed by atoms with Gasteiger partial charge in [0, 0.05) is 13.0 Å². The normalized spacial score (nSPS) is 11.2. The summed E-state index contributed by atoms with van der Waals surface area (Å²) in [5.41, 5.74) is 10.2. The van der Waals surface area contributed by atoms with Crippen LogP contribution in [0.4, 0.5) is 0 Å². The molecule has 0 radical (unpaired) electrons. The van der Waals surface area contributed by atoms with Crippen molar-refractivity contribution < 1.29 is 24.9 Å². The number of rotatable bonds is 8. The van der Waals surface area contributed by atoms with Crippen LogP contribution in [0.5, 0.6) is 0 Å². The van der Waals surface area contributed by atoms with Crippen LogP contribution in [0.3, 0.4) is 0 Å². The number of nitrogens with two attached hydrogens (primary N) is 2. The van der Waals surface area contributed by atoms with E-state index in [1.807, 2.05) is 0 Å². The molecule has 0 aliphatic heterocycles. The van der Waals surface area contributed by atoms with E-state index in [0.717, 1.165) is 19.3 Å². The van der Waals surface area contributed by atoms with E-state index in [0.29, 0.717) is 6.54 Å². The van der Waals surface area contributed by atoms with Crippen molar-refractivity contribution in [2.24, 2.45) is 11.5 Å². The fourth-order valence-electron chi connectivity index (χ4n) is 0.860. The van der Waals surface area contributed by atoms with Crippen LogP contribution in [0.25, 0.3) is 0 Å². The highest BCUT2D eigenvalue weighted by Crippen LogP contribution is 1.97. The zero-order chi connectivity index (χ0) is 13.7. The van der Waals surface area contributed by atoms with Crippen molar-refractivity contribution >= 4 is 11.9 Å². The van der Waals surface area contributed by atoms with Gasteiger partial charge in [-0.15, -0.1) is 0 Å². The van der Waals surface area contributed by atoms with Gasteiger partial charge in [-0.25, -0.2) is 0 Å². The minimum absolute atomic E-state index is 0.120. The number of aliphatic carboxylic acids is 2. The molecule has 17 heavy (non-hydrogen) atoms. The Labute approximate surface area is 100 Å². The van der Waals surface area contributed by atoms with E-state index in [9.17, 15) is 9.59 Å². The molecule has 1 unspecified atom stereocenters. The fraction of sp³-hybridized carbons (Fsp3) is 0.800. The average Bonchev–Trinajstić information content (AvgIpc) is 2.25. The van der Waals surface area contributed by atoms with Crippen molar-refractivity contribution in [3.63, 3.8) is 0 Å². The fourth-order valence-corrected chi connectivity index (χ4v) is 0.860. The highest BCUT2D eigenvalue weighted by molar-refractivity contribution is 5.72. The van der Waals surface area contributed by atoms with E-state index in [1.165, 1.54) is 0 Å². The van der Waals surface area contributed by atoms with E-state index in [-0.39, 0.29) is 19.4 Å². The number of unbranched alkanes of at least 4 members (excludes halogenated alkanes) is 2. The maximum absolute atomic E-state index is 9.93. The lowest BCUT2D eigenvalue weighted by atomic mass is 10.2. The van der Waals surface area contributed by atoms with Gasteiger partial charge >= 0.3 is 11.9 Å². The van der Waals surface area contributed by atoms with Crippen molar-refractivity contribution in [3.05, 3.63) is 0 Å². The standard InChI is InChI=1S/C6H13NO2.C4H9NO3/c7-5-3-1-2-4-6(8)9;5-3(1-2-6)4(7)8/h1-5,7H2,(H,8,9);3,6H,1-2,5H2,(H,7,8). The Balaban J connectivity index is 0. The highest BCUT2D eigenvalue weighted by atomic mass is 16.4. The van der Waals surface area contributed by atoms with Crippen molar-refractivity contribution in [2.75, 3.05) is 13.2 Å². The van der Waals surface area contributed by atoms with Gasteiger partial charge in [-0.1, -0.05) is 6.42 Å². The first-order valence-electron chi connectivity index (χ1n) is 5.46. The number of hydrogen-bond acceptors (Lipinski definition) is 5. The molecule has 0 aromatic heterocycles. The Bertz CT molecular complexity index is 211. The SMILES string of the molecule is NC(CCO)C(=O)O.NCCCCCC(=O)O. The first-order chi connectivity index (χ1) is 7.95. The minimum Gasteiger partial charge on any atom is -0.481 e. The van der Waals surface area contributed by atoms with Gasteiger partial charge in [-0.2, -0.15) is 0 Å². The molecule has 0 spiro atoms. The molecule has 7 nitrogen and oxygen atoms in total. The maximum atomic E-state index is 9.93. The van der Waals surface area contributed by atoms with Crippen molar-refractivity contribution in [2.45, 2.75) is 38.1 Å². The van der Waals surface area contributed by atoms with E-state index in [1.54, 1.807) is 0 Å². The number of carboxylic acid groups (broad SMARTS) is 2. The summed E-state index contributed by atoms with van der Waals surface area (Å²) in [6, 6.07) is -0.917. The first kappa shape index (κ1) is 18.2. The summed E-state index contributed by atoms with van der Waals surface area (Å²) in [5.74, 6) is -1.79. The molecule has 0 aliphatic rings. The predicted octanol–water partition coefficient (Wildman–Crippen LogP) is -0.629. The Morgan fingerprint density at radius 3 is 2.00 bits per heavy atom. The van der Waals surface area contributed by atoms with Gasteiger partial charge in [0.25, 0.3) is 0 Å². The van der Waals surface area contributed by atoms with Gasteiger partial charge in [0.2, 0.25) is 0 Å². The van der Waals surface area contributed by atoms with Crippen LogP contribution in [0.2, 0.25) is 0 Å². The molecule has 0 rings (SSSR count). The molecular weight excluding hydrogens is 228 g/mol. The summed E-state index contributed by atoms with van der Waals surface area (Å²) in [6.07, 6.45) is 3.03. The molecule has 102 valence electrons. The molecule has 7 N–H and O–H groups in total. The van der Waals surface area contributed by atoms with Crippen molar-refractivity contribution in [1.82, 2.24) is 0 Å². The van der Waals surface area contributed by atoms with Crippen LogP contribution in [0, 0.1) is 0 Å². The second-order valence-electron chi connectivity index (χ2n) is 3.45. The molecule has 0 saturated carbocycles. The van der Waals surface area contributed by atoms with Crippen molar-refractivity contribution in [3.8, 4) is 0 Å². The van der Waals surface area contributed by atoms with Crippen LogP contribution >= 0.6 is 0 Å². The summed E-state index contributed by atoms with van der Waals surface area (Å²) in [5, 5.41) is 24.4. The molecule has 0 aromatic carbocycles. The van der Waals surface area contributed by atoms with Crippen LogP contribution in [0.15, 0.2) is 0 Å². The van der Waals surface area contributed by atoms with Gasteiger partial charge in [0.1, 0.15) is 6.04 Å². The van der Waals surface area contributed by atoms with Gasteiger partial charge in [-0.05, 0) is 25.8 Å². The molecule has 0 fully saturated rings. The Morgan fingerprint density at radius 2 is 1.71 bits per heavy atom. The largest absolute Gasteiger partial charge is 0.481 e. The van der Waals surface area contributed by atoms with E-state index in [2.05, 4.69) is 0 Å². The van der Waals surface area contributed by atoms with Gasteiger partial charge in [-0.3, -0.25) is 9.59 Å². The molecule has 0 saturated heterocycles. The number of carboxylic acids is 2. The molecule has 7 heteroatoms. The number of hydrogen-bond donors (Lipinski definition) is 5. The first-order valence-corrected chi connectivity index (χ1v) is 5.46. The minimum atomic E-state index is -1.07. The summed E-state index contributed by atoms with van der Waals surface area (Å²) in [4.78, 5) is 19.8. The predicted molar refractivity (Wildman–Crippen MR) is 62.5 cm³/mol. The summed E-state index contributed by atoms with van der Waals surface area (Å²) in [7, 11) is 0. The van der Waals surface area contributed by atoms with E-state index < -0.39 is 18.0 Å². The van der Waals surface area contributed by atoms with Gasteiger partial charge in [0.15, 0.2) is 0 Å². The summed E-state index contributed by atoms with van der Waals surface area (Å²) >= 11 is 0. The monoisotopic (exact) mass is 250 g/mol. The number of aliphatic hydroxyl groups excluding tert-OH is 1. The third kappa shape index (κ3) is 17.4. The Morgan fingerprint density at radius 1 is 1.12 bits per heavy atom. The molecule has 0 aromatic rings. The van der Waals surface area contributed by atoms with Gasteiger partial charge in [0.05, 0.1) is 0 Å². The number of carbonyl (C=O) groups is 2. The molecule has 0 aliphatic carbocycles. The molecule has 0 amide bonds. The lowest BCUT2D eigenvalue weighted by molar-refractivity contribution is -0.139. The molecule has 1 atom stereocenters. The Kier molecular flexibility index (Phi) is 13.8. The highest BCUT2D eigenvalue weighted by Gasteiger charge is 2.08. The average molecular weight is 250 g/mol. The zero-order valence-corrected chi connectivity index (χ0v) is 9.84. The van der Waals surface area contributed by atoms with Crippen LogP contribution in [-0.4, -0.2) is 46.5 Å². The van der Waals surface area contributed by atoms with Crippen molar-refractivity contribution in [1.29, 1.82) is 0 Å². The lowest BCUT2D eigenvalue weighted by Crippen LogP contribution is -2.30. The topological polar surface area (TPSA) is 147 Å².